The Kier molecular flexibility index (Phi) is 24.5. The van der Waals surface area contributed by atoms with Gasteiger partial charge in [0, 0.05) is 32.9 Å². The number of rotatable bonds is 7. The van der Waals surface area contributed by atoms with Crippen molar-refractivity contribution in [3.8, 4) is 0 Å². The van der Waals surface area contributed by atoms with Gasteiger partial charge in [0.15, 0.2) is 6.29 Å². The zero-order chi connectivity index (χ0) is 24.3. The van der Waals surface area contributed by atoms with E-state index >= 15 is 0 Å². The van der Waals surface area contributed by atoms with E-state index < -0.39 is 0 Å². The van der Waals surface area contributed by atoms with E-state index in [0.717, 1.165) is 34.7 Å². The molecule has 0 saturated carbocycles. The number of methoxy groups -OCH3 is 4. The third-order valence-electron chi connectivity index (χ3n) is 3.59. The molecule has 0 N–H and O–H groups in total. The Morgan fingerprint density at radius 3 is 1.55 bits per heavy atom. The fourth-order valence-corrected chi connectivity index (χ4v) is 5.87. The third-order valence-corrected chi connectivity index (χ3v) is 8.60. The average molecular weight is 718 g/mol. The van der Waals surface area contributed by atoms with E-state index in [9.17, 15) is 0 Å². The standard InChI is InChI=1S/C10H12BrClO2S.C8H10BrO2S.C2H2Cl2.ClH.Mg/c1-5-7(11)9(6(2)12)15-8(5)10(13-3)14-4;1-5-6(9)4-12-7(5)8(10-2)11-3;1-2(3)4;;/h10H,2H2,1,3-4H3;8H,1-3H3;1H2;1H;/q;-1;;;+2/p-1. The summed E-state index contributed by atoms with van der Waals surface area (Å²) in [6.45, 7) is 10.8. The van der Waals surface area contributed by atoms with E-state index in [1.807, 2.05) is 13.8 Å². The fourth-order valence-electron chi connectivity index (χ4n) is 2.12. The number of halogens is 6. The van der Waals surface area contributed by atoms with Crippen molar-refractivity contribution in [1.82, 2.24) is 0 Å². The van der Waals surface area contributed by atoms with Crippen LogP contribution >= 0.6 is 89.3 Å². The molecular formula is C20H24Br2Cl4MgO4S2. The van der Waals surface area contributed by atoms with Gasteiger partial charge in [0.25, 0.3) is 0 Å². The summed E-state index contributed by atoms with van der Waals surface area (Å²) in [4.78, 5) is 2.99. The first-order valence-electron chi connectivity index (χ1n) is 8.37. The molecule has 0 bridgehead atoms. The van der Waals surface area contributed by atoms with E-state index in [1.54, 1.807) is 28.4 Å². The number of hydrogen-bond acceptors (Lipinski definition) is 6. The van der Waals surface area contributed by atoms with E-state index in [4.69, 9.17) is 53.8 Å². The summed E-state index contributed by atoms with van der Waals surface area (Å²) in [7, 11) is 6.47. The van der Waals surface area contributed by atoms with Crippen molar-refractivity contribution in [2.45, 2.75) is 26.4 Å². The Morgan fingerprint density at radius 2 is 1.27 bits per heavy atom. The van der Waals surface area contributed by atoms with E-state index in [2.05, 4.69) is 50.4 Å². The van der Waals surface area contributed by atoms with Gasteiger partial charge in [-0.25, -0.2) is 0 Å². The summed E-state index contributed by atoms with van der Waals surface area (Å²) in [5.74, 6) is 0. The van der Waals surface area contributed by atoms with Gasteiger partial charge in [-0.15, -0.1) is 16.7 Å². The maximum Gasteiger partial charge on any atom is 2.00 e. The molecule has 184 valence electrons. The van der Waals surface area contributed by atoms with Crippen molar-refractivity contribution in [1.29, 1.82) is 0 Å². The van der Waals surface area contributed by atoms with Gasteiger partial charge in [-0.05, 0) is 28.4 Å². The molecule has 0 unspecified atom stereocenters. The van der Waals surface area contributed by atoms with Crippen LogP contribution in [0.25, 0.3) is 5.03 Å². The summed E-state index contributed by atoms with van der Waals surface area (Å²) >= 11 is 25.5. The molecule has 33 heavy (non-hydrogen) atoms. The maximum absolute atomic E-state index is 5.89. The normalized spacial score (nSPS) is 9.85. The van der Waals surface area contributed by atoms with Crippen molar-refractivity contribution in [3.63, 3.8) is 0 Å². The maximum atomic E-state index is 5.89. The third kappa shape index (κ3) is 13.1. The van der Waals surface area contributed by atoms with Gasteiger partial charge in [0.2, 0.25) is 0 Å². The molecule has 0 amide bonds. The fraction of sp³-hybridized carbons (Fsp3) is 0.400. The van der Waals surface area contributed by atoms with E-state index in [0.29, 0.717) is 5.03 Å². The minimum absolute atomic E-state index is 0. The predicted octanol–water partition coefficient (Wildman–Crippen LogP) is 5.79. The molecule has 0 aliphatic carbocycles. The summed E-state index contributed by atoms with van der Waals surface area (Å²) in [6.07, 6.45) is -0.617. The van der Waals surface area contributed by atoms with Gasteiger partial charge in [-0.3, -0.25) is 11.3 Å². The van der Waals surface area contributed by atoms with Crippen LogP contribution in [0.3, 0.4) is 0 Å². The predicted molar refractivity (Wildman–Crippen MR) is 147 cm³/mol. The molecule has 0 radical (unpaired) electrons. The van der Waals surface area contributed by atoms with Crippen molar-refractivity contribution in [2.24, 2.45) is 0 Å². The van der Waals surface area contributed by atoms with Crippen LogP contribution in [-0.4, -0.2) is 51.5 Å². The minimum atomic E-state index is -0.351. The van der Waals surface area contributed by atoms with Crippen LogP contribution in [0.5, 0.6) is 0 Å². The van der Waals surface area contributed by atoms with Crippen LogP contribution in [0, 0.1) is 19.2 Å². The van der Waals surface area contributed by atoms with Crippen molar-refractivity contribution in [2.75, 3.05) is 28.4 Å². The Balaban J connectivity index is -0.000000452. The summed E-state index contributed by atoms with van der Waals surface area (Å²) in [5, 5.41) is 3.60. The molecule has 0 fully saturated rings. The summed E-state index contributed by atoms with van der Waals surface area (Å²) in [6, 6.07) is 0. The summed E-state index contributed by atoms with van der Waals surface area (Å²) < 4.78 is 22.7. The zero-order valence-corrected chi connectivity index (χ0v) is 28.2. The van der Waals surface area contributed by atoms with Gasteiger partial charge in [0.05, 0.1) is 19.3 Å². The first-order valence-corrected chi connectivity index (χ1v) is 12.7. The molecule has 4 nitrogen and oxygen atoms in total. The Labute approximate surface area is 258 Å². The minimum Gasteiger partial charge on any atom is -1.00 e. The smallest absolute Gasteiger partial charge is 1.00 e. The van der Waals surface area contributed by atoms with Crippen LogP contribution in [0.4, 0.5) is 0 Å². The molecule has 0 atom stereocenters. The molecule has 2 rings (SSSR count). The van der Waals surface area contributed by atoms with E-state index in [1.165, 1.54) is 22.7 Å². The number of thiophene rings is 2. The second kappa shape index (κ2) is 20.6. The molecule has 0 aromatic carbocycles. The van der Waals surface area contributed by atoms with Crippen LogP contribution in [0.2, 0.25) is 0 Å². The van der Waals surface area contributed by atoms with Crippen molar-refractivity contribution < 1.29 is 31.4 Å². The quantitative estimate of drug-likeness (QED) is 0.207. The van der Waals surface area contributed by atoms with Crippen LogP contribution < -0.4 is 12.4 Å². The van der Waals surface area contributed by atoms with Crippen LogP contribution in [-0.2, 0) is 18.9 Å². The molecule has 2 heterocycles. The molecule has 2 aromatic heterocycles. The molecule has 0 spiro atoms. The second-order valence-electron chi connectivity index (χ2n) is 5.59. The first kappa shape index (κ1) is 39.1. The zero-order valence-electron chi connectivity index (χ0n) is 19.0. The largest absolute Gasteiger partial charge is 2.00 e. The molecular weight excluding hydrogens is 694 g/mol. The van der Waals surface area contributed by atoms with E-state index in [-0.39, 0.29) is 52.5 Å². The Morgan fingerprint density at radius 1 is 0.879 bits per heavy atom. The van der Waals surface area contributed by atoms with Crippen LogP contribution in [0.1, 0.15) is 38.3 Å². The van der Waals surface area contributed by atoms with Gasteiger partial charge >= 0.3 is 23.1 Å². The number of ether oxygens (including phenoxy) is 4. The van der Waals surface area contributed by atoms with Crippen molar-refractivity contribution in [3.05, 3.63) is 57.7 Å². The Hall–Kier alpha value is 1.61. The first-order chi connectivity index (χ1) is 14.5. The Bertz CT molecular complexity index is 853. The number of hydrogen-bond donors (Lipinski definition) is 0. The van der Waals surface area contributed by atoms with Gasteiger partial charge in [-0.1, -0.05) is 80.2 Å². The van der Waals surface area contributed by atoms with Gasteiger partial charge in [0.1, 0.15) is 6.29 Å². The molecule has 0 aliphatic rings. The summed E-state index contributed by atoms with van der Waals surface area (Å²) in [5.41, 5.74) is 2.21. The monoisotopic (exact) mass is 714 g/mol. The van der Waals surface area contributed by atoms with Crippen LogP contribution in [0.15, 0.2) is 26.6 Å². The molecule has 0 aliphatic heterocycles. The molecule has 0 saturated heterocycles. The second-order valence-corrected chi connectivity index (χ2v) is 10.6. The molecule has 13 heteroatoms. The van der Waals surface area contributed by atoms with Gasteiger partial charge in [-0.2, -0.15) is 5.56 Å². The molecule has 2 aromatic rings. The van der Waals surface area contributed by atoms with Crippen molar-refractivity contribution >= 4 is 117 Å². The van der Waals surface area contributed by atoms with Gasteiger partial charge < -0.3 is 31.4 Å². The topological polar surface area (TPSA) is 36.9 Å². The average Bonchev–Trinajstić information content (AvgIpc) is 3.19. The SMILES string of the molecule is C=C(Cl)Cl.C=C(Cl)c1sc(C(OC)OC)c(C)c1Br.COC(OC)c1s[c-]c(Br)c1C.[Cl-].[Mg+2].